The summed E-state index contributed by atoms with van der Waals surface area (Å²) < 4.78 is 0. The van der Waals surface area contributed by atoms with E-state index in [0.717, 1.165) is 6.54 Å². The number of hydrogen-bond acceptors (Lipinski definition) is 3. The monoisotopic (exact) mass is 288 g/mol. The Morgan fingerprint density at radius 1 is 1.15 bits per heavy atom. The minimum Gasteiger partial charge on any atom is -0.378 e. The summed E-state index contributed by atoms with van der Waals surface area (Å²) in [7, 11) is 4.14. The van der Waals surface area contributed by atoms with Gasteiger partial charge in [-0.2, -0.15) is 0 Å². The third-order valence-electron chi connectivity index (χ3n) is 3.71. The molecule has 1 heterocycles. The summed E-state index contributed by atoms with van der Waals surface area (Å²) in [5, 5.41) is 3.60. The first-order chi connectivity index (χ1) is 9.47. The van der Waals surface area contributed by atoms with E-state index in [9.17, 15) is 0 Å². The first kappa shape index (κ1) is 15.1. The molecule has 0 radical (unpaired) electrons. The van der Waals surface area contributed by atoms with Crippen LogP contribution in [0.5, 0.6) is 0 Å². The largest absolute Gasteiger partial charge is 0.378 e. The van der Waals surface area contributed by atoms with Crippen molar-refractivity contribution in [3.63, 3.8) is 0 Å². The van der Waals surface area contributed by atoms with Crippen LogP contribution in [0.25, 0.3) is 0 Å². The van der Waals surface area contributed by atoms with Crippen LogP contribution < -0.4 is 10.2 Å². The van der Waals surface area contributed by atoms with Gasteiger partial charge in [0.05, 0.1) is 0 Å². The maximum absolute atomic E-state index is 3.60. The van der Waals surface area contributed by atoms with E-state index in [4.69, 9.17) is 0 Å². The highest BCUT2D eigenvalue weighted by Crippen LogP contribution is 2.22. The third-order valence-corrected chi connectivity index (χ3v) is 4.86. The summed E-state index contributed by atoms with van der Waals surface area (Å²) in [5.74, 6) is 0. The van der Waals surface area contributed by atoms with Crippen LogP contribution >= 0.6 is 11.3 Å². The van der Waals surface area contributed by atoms with Crippen LogP contribution in [0.4, 0.5) is 5.69 Å². The summed E-state index contributed by atoms with van der Waals surface area (Å²) in [5.41, 5.74) is 3.97. The molecule has 1 N–H and O–H groups in total. The molecule has 0 aliphatic carbocycles. The Morgan fingerprint density at radius 2 is 1.80 bits per heavy atom. The predicted molar refractivity (Wildman–Crippen MR) is 89.8 cm³/mol. The number of hydrogen-bond donors (Lipinski definition) is 1. The molecule has 0 aliphatic heterocycles. The molecule has 0 bridgehead atoms. The van der Waals surface area contributed by atoms with Gasteiger partial charge in [0, 0.05) is 42.1 Å². The van der Waals surface area contributed by atoms with Crippen molar-refractivity contribution in [2.24, 2.45) is 0 Å². The zero-order valence-electron chi connectivity index (χ0n) is 13.0. The van der Waals surface area contributed by atoms with Gasteiger partial charge in [0.25, 0.3) is 0 Å². The Morgan fingerprint density at radius 3 is 2.30 bits per heavy atom. The number of thiophene rings is 1. The minimum atomic E-state index is 0.369. The van der Waals surface area contributed by atoms with Crippen LogP contribution in [0.15, 0.2) is 30.3 Å². The molecular formula is C17H24N2S. The van der Waals surface area contributed by atoms with Gasteiger partial charge >= 0.3 is 0 Å². The molecule has 0 fully saturated rings. The van der Waals surface area contributed by atoms with Gasteiger partial charge in [0.2, 0.25) is 0 Å². The number of rotatable bonds is 5. The van der Waals surface area contributed by atoms with E-state index in [0.29, 0.717) is 6.04 Å². The molecule has 1 aromatic heterocycles. The van der Waals surface area contributed by atoms with Gasteiger partial charge in [-0.1, -0.05) is 12.1 Å². The van der Waals surface area contributed by atoms with E-state index >= 15 is 0 Å². The van der Waals surface area contributed by atoms with Crippen molar-refractivity contribution in [2.45, 2.75) is 33.4 Å². The summed E-state index contributed by atoms with van der Waals surface area (Å²) in [4.78, 5) is 4.96. The topological polar surface area (TPSA) is 15.3 Å². The molecule has 0 spiro atoms. The van der Waals surface area contributed by atoms with E-state index in [-0.39, 0.29) is 0 Å². The van der Waals surface area contributed by atoms with Gasteiger partial charge in [0.15, 0.2) is 0 Å². The highest BCUT2D eigenvalue weighted by molar-refractivity contribution is 7.12. The fourth-order valence-corrected chi connectivity index (χ4v) is 3.17. The lowest BCUT2D eigenvalue weighted by Crippen LogP contribution is -2.17. The van der Waals surface area contributed by atoms with Crippen molar-refractivity contribution in [3.05, 3.63) is 51.2 Å². The lowest BCUT2D eigenvalue weighted by Gasteiger charge is -2.16. The van der Waals surface area contributed by atoms with Crippen molar-refractivity contribution in [3.8, 4) is 0 Å². The van der Waals surface area contributed by atoms with Gasteiger partial charge in [-0.15, -0.1) is 11.3 Å². The van der Waals surface area contributed by atoms with Crippen molar-refractivity contribution < 1.29 is 0 Å². The fraction of sp³-hybridized carbons (Fsp3) is 0.412. The Kier molecular flexibility index (Phi) is 4.84. The number of nitrogens with one attached hydrogen (secondary N) is 1. The van der Waals surface area contributed by atoms with Crippen molar-refractivity contribution in [1.82, 2.24) is 5.32 Å². The molecule has 0 saturated heterocycles. The van der Waals surface area contributed by atoms with Gasteiger partial charge in [-0.3, -0.25) is 0 Å². The predicted octanol–water partition coefficient (Wildman–Crippen LogP) is 4.28. The first-order valence-corrected chi connectivity index (χ1v) is 7.85. The van der Waals surface area contributed by atoms with Crippen molar-refractivity contribution in [1.29, 1.82) is 0 Å². The van der Waals surface area contributed by atoms with Crippen LogP contribution in [0.1, 0.15) is 33.8 Å². The average Bonchev–Trinajstić information content (AvgIpc) is 2.75. The zero-order chi connectivity index (χ0) is 14.7. The quantitative estimate of drug-likeness (QED) is 0.883. The summed E-state index contributed by atoms with van der Waals surface area (Å²) in [6.45, 7) is 7.53. The fourth-order valence-electron chi connectivity index (χ4n) is 2.17. The standard InChI is InChI=1S/C17H24N2S/c1-12-10-17(20-14(12)3)11-18-13(2)15-6-8-16(9-7-15)19(4)5/h6-10,13,18H,11H2,1-5H3. The lowest BCUT2D eigenvalue weighted by atomic mass is 10.1. The van der Waals surface area contributed by atoms with Crippen LogP contribution in [-0.2, 0) is 6.54 Å². The number of anilines is 1. The van der Waals surface area contributed by atoms with Gasteiger partial charge in [0.1, 0.15) is 0 Å². The lowest BCUT2D eigenvalue weighted by molar-refractivity contribution is 0.579. The Labute approximate surface area is 126 Å². The summed E-state index contributed by atoms with van der Waals surface area (Å²) >= 11 is 1.89. The van der Waals surface area contributed by atoms with Crippen LogP contribution in [0.3, 0.4) is 0 Å². The third kappa shape index (κ3) is 3.62. The maximum Gasteiger partial charge on any atom is 0.0361 e. The second-order valence-electron chi connectivity index (χ2n) is 5.54. The number of benzene rings is 1. The molecule has 0 amide bonds. The van der Waals surface area contributed by atoms with Gasteiger partial charge in [-0.25, -0.2) is 0 Å². The molecule has 2 aromatic rings. The molecule has 1 unspecified atom stereocenters. The molecule has 2 rings (SSSR count). The van der Waals surface area contributed by atoms with E-state index in [1.165, 1.54) is 26.6 Å². The molecule has 108 valence electrons. The van der Waals surface area contributed by atoms with E-state index in [1.54, 1.807) is 0 Å². The van der Waals surface area contributed by atoms with E-state index in [1.807, 2.05) is 11.3 Å². The second kappa shape index (κ2) is 6.42. The number of nitrogens with zero attached hydrogens (tertiary/aromatic N) is 1. The zero-order valence-corrected chi connectivity index (χ0v) is 13.8. The highest BCUT2D eigenvalue weighted by atomic mass is 32.1. The normalized spacial score (nSPS) is 12.4. The van der Waals surface area contributed by atoms with Crippen LogP contribution in [-0.4, -0.2) is 14.1 Å². The SMILES string of the molecule is Cc1cc(CNC(C)c2ccc(N(C)C)cc2)sc1C. The van der Waals surface area contributed by atoms with Gasteiger partial charge < -0.3 is 10.2 Å². The first-order valence-electron chi connectivity index (χ1n) is 7.04. The van der Waals surface area contributed by atoms with Gasteiger partial charge in [-0.05, 0) is 50.1 Å². The van der Waals surface area contributed by atoms with E-state index < -0.39 is 0 Å². The molecule has 2 nitrogen and oxygen atoms in total. The molecule has 0 aliphatic rings. The molecule has 20 heavy (non-hydrogen) atoms. The highest BCUT2D eigenvalue weighted by Gasteiger charge is 2.07. The summed E-state index contributed by atoms with van der Waals surface area (Å²) in [6, 6.07) is 11.4. The Hall–Kier alpha value is -1.32. The Bertz CT molecular complexity index is 535. The molecule has 3 heteroatoms. The van der Waals surface area contributed by atoms with Crippen molar-refractivity contribution in [2.75, 3.05) is 19.0 Å². The number of aryl methyl sites for hydroxylation is 2. The molecule has 1 atom stereocenters. The summed E-state index contributed by atoms with van der Waals surface area (Å²) in [6.07, 6.45) is 0. The average molecular weight is 288 g/mol. The van der Waals surface area contributed by atoms with Crippen LogP contribution in [0, 0.1) is 13.8 Å². The van der Waals surface area contributed by atoms with Crippen LogP contribution in [0.2, 0.25) is 0 Å². The molecule has 0 saturated carbocycles. The maximum atomic E-state index is 3.60. The van der Waals surface area contributed by atoms with E-state index in [2.05, 4.69) is 75.4 Å². The second-order valence-corrected chi connectivity index (χ2v) is 6.88. The van der Waals surface area contributed by atoms with Crippen molar-refractivity contribution >= 4 is 17.0 Å². The minimum absolute atomic E-state index is 0.369. The Balaban J connectivity index is 1.95. The molecule has 1 aromatic carbocycles. The smallest absolute Gasteiger partial charge is 0.0361 e. The molecular weight excluding hydrogens is 264 g/mol.